The third-order valence-electron chi connectivity index (χ3n) is 8.11. The predicted molar refractivity (Wildman–Crippen MR) is 143 cm³/mol. The van der Waals surface area contributed by atoms with Crippen molar-refractivity contribution in [2.24, 2.45) is 0 Å². The van der Waals surface area contributed by atoms with E-state index in [0.717, 1.165) is 43.5 Å². The van der Waals surface area contributed by atoms with E-state index in [4.69, 9.17) is 4.74 Å². The van der Waals surface area contributed by atoms with Gasteiger partial charge in [-0.1, -0.05) is 42.8 Å². The van der Waals surface area contributed by atoms with Crippen LogP contribution in [0.4, 0.5) is 8.78 Å². The molecule has 0 bridgehead atoms. The van der Waals surface area contributed by atoms with E-state index < -0.39 is 23.0 Å². The number of nitrogens with one attached hydrogen (secondary N) is 1. The minimum absolute atomic E-state index is 0.0415. The second kappa shape index (κ2) is 10.8. The molecule has 1 N–H and O–H groups in total. The summed E-state index contributed by atoms with van der Waals surface area (Å²) in [4.78, 5) is 44.9. The monoisotopic (exact) mass is 548 g/mol. The van der Waals surface area contributed by atoms with Crippen molar-refractivity contribution < 1.29 is 23.1 Å². The first-order valence-electron chi connectivity index (χ1n) is 13.6. The van der Waals surface area contributed by atoms with Gasteiger partial charge in [-0.15, -0.1) is 0 Å². The first-order valence-corrected chi connectivity index (χ1v) is 13.6. The maximum atomic E-state index is 14.1. The van der Waals surface area contributed by atoms with Crippen molar-refractivity contribution in [3.8, 4) is 5.75 Å². The number of carbonyl (C=O) groups is 2. The number of halogens is 2. The smallest absolute Gasteiger partial charge is 0.275 e. The molecule has 208 valence electrons. The summed E-state index contributed by atoms with van der Waals surface area (Å²) in [5.41, 5.74) is 0.101. The Kier molecular flexibility index (Phi) is 7.10. The maximum Gasteiger partial charge on any atom is 0.275 e. The fourth-order valence-corrected chi connectivity index (χ4v) is 6.06. The molecule has 2 amide bonds. The number of nitrogens with zero attached hydrogens (tertiary/aromatic N) is 3. The number of amides is 2. The quantitative estimate of drug-likeness (QED) is 0.508. The van der Waals surface area contributed by atoms with Gasteiger partial charge in [0.25, 0.3) is 11.8 Å². The van der Waals surface area contributed by atoms with Crippen LogP contribution in [0.3, 0.4) is 0 Å². The van der Waals surface area contributed by atoms with Crippen LogP contribution in [0.15, 0.2) is 59.5 Å². The van der Waals surface area contributed by atoms with E-state index >= 15 is 0 Å². The third-order valence-corrected chi connectivity index (χ3v) is 8.11. The summed E-state index contributed by atoms with van der Waals surface area (Å²) >= 11 is 0. The molecule has 3 aliphatic rings. The standard InChI is InChI=1S/C30H30F2N4O4/c31-21-10-9-20(24(32)14-21)15-33-29(38)23-16-34-17-25-35-12-5-4-8-22(35)11-13-36(25)30(39)26(34)28(27(23)37)40-18-19-6-2-1-3-7-19/h1-3,6-7,9-10,14,16,22,25H,4-5,8,11-13,15,17-18H2,(H,33,38)/t22-,25?/m0/s1. The summed E-state index contributed by atoms with van der Waals surface area (Å²) in [6.07, 6.45) is 5.44. The number of rotatable bonds is 6. The number of hydrogen-bond donors (Lipinski definition) is 1. The van der Waals surface area contributed by atoms with E-state index in [0.29, 0.717) is 19.1 Å². The Morgan fingerprint density at radius 2 is 1.85 bits per heavy atom. The molecular formula is C30H30F2N4O4. The molecule has 0 aliphatic carbocycles. The number of hydrogen-bond acceptors (Lipinski definition) is 5. The SMILES string of the molecule is O=C(NCc1ccc(F)cc1F)c1cn2c(c(OCc3ccccc3)c1=O)C(=O)N1CC[C@@H]3CCCCN3C1C2. The number of fused-ring (bicyclic) bond motifs is 4. The van der Waals surface area contributed by atoms with Crippen LogP contribution in [-0.2, 0) is 19.7 Å². The highest BCUT2D eigenvalue weighted by Crippen LogP contribution is 2.34. The second-order valence-corrected chi connectivity index (χ2v) is 10.5. The van der Waals surface area contributed by atoms with Gasteiger partial charge < -0.3 is 19.5 Å². The van der Waals surface area contributed by atoms with Crippen molar-refractivity contribution in [3.05, 3.63) is 99.0 Å². The number of pyridine rings is 1. The summed E-state index contributed by atoms with van der Waals surface area (Å²) < 4.78 is 35.1. The van der Waals surface area contributed by atoms with Gasteiger partial charge in [-0.05, 0) is 30.9 Å². The van der Waals surface area contributed by atoms with Crippen LogP contribution in [0.25, 0.3) is 0 Å². The number of benzene rings is 2. The predicted octanol–water partition coefficient (Wildman–Crippen LogP) is 3.68. The molecule has 2 fully saturated rings. The van der Waals surface area contributed by atoms with Crippen LogP contribution >= 0.6 is 0 Å². The molecule has 0 radical (unpaired) electrons. The van der Waals surface area contributed by atoms with Crippen LogP contribution < -0.4 is 15.5 Å². The molecule has 3 aromatic rings. The molecule has 3 aliphatic heterocycles. The van der Waals surface area contributed by atoms with E-state index in [9.17, 15) is 23.2 Å². The summed E-state index contributed by atoms with van der Waals surface area (Å²) in [7, 11) is 0. The van der Waals surface area contributed by atoms with E-state index in [1.54, 1.807) is 4.57 Å². The highest BCUT2D eigenvalue weighted by atomic mass is 19.1. The Balaban J connectivity index is 1.35. The molecular weight excluding hydrogens is 518 g/mol. The summed E-state index contributed by atoms with van der Waals surface area (Å²) in [5, 5.41) is 2.56. The van der Waals surface area contributed by atoms with Gasteiger partial charge in [0.15, 0.2) is 11.4 Å². The largest absolute Gasteiger partial charge is 0.483 e. The van der Waals surface area contributed by atoms with Gasteiger partial charge in [0.1, 0.15) is 30.0 Å². The molecule has 2 saturated heterocycles. The van der Waals surface area contributed by atoms with Crippen molar-refractivity contribution >= 4 is 11.8 Å². The zero-order chi connectivity index (χ0) is 27.8. The third kappa shape index (κ3) is 4.88. The van der Waals surface area contributed by atoms with Crippen molar-refractivity contribution in [2.45, 2.75) is 57.6 Å². The van der Waals surface area contributed by atoms with Crippen LogP contribution in [0.2, 0.25) is 0 Å². The van der Waals surface area contributed by atoms with E-state index in [2.05, 4.69) is 10.2 Å². The van der Waals surface area contributed by atoms with Gasteiger partial charge in [0, 0.05) is 43.5 Å². The average Bonchev–Trinajstić information content (AvgIpc) is 2.96. The normalized spacial score (nSPS) is 20.4. The van der Waals surface area contributed by atoms with Gasteiger partial charge in [0.2, 0.25) is 5.43 Å². The van der Waals surface area contributed by atoms with Crippen LogP contribution in [0.5, 0.6) is 5.75 Å². The molecule has 0 spiro atoms. The first-order chi connectivity index (χ1) is 19.4. The molecule has 1 aromatic heterocycles. The highest BCUT2D eigenvalue weighted by Gasteiger charge is 2.44. The fraction of sp³-hybridized carbons (Fsp3) is 0.367. The summed E-state index contributed by atoms with van der Waals surface area (Å²) in [6, 6.07) is 12.7. The lowest BCUT2D eigenvalue weighted by Crippen LogP contribution is -2.64. The Hall–Kier alpha value is -4.05. The summed E-state index contributed by atoms with van der Waals surface area (Å²) in [5.74, 6) is -2.72. The Morgan fingerprint density at radius 3 is 2.65 bits per heavy atom. The lowest BCUT2D eigenvalue weighted by molar-refractivity contribution is -0.0514. The zero-order valence-electron chi connectivity index (χ0n) is 21.9. The van der Waals surface area contributed by atoms with E-state index in [1.807, 2.05) is 35.2 Å². The molecule has 2 aromatic carbocycles. The Labute approximate surface area is 230 Å². The zero-order valence-corrected chi connectivity index (χ0v) is 21.9. The average molecular weight is 549 g/mol. The van der Waals surface area contributed by atoms with Crippen molar-refractivity contribution in [1.29, 1.82) is 0 Å². The first kappa shape index (κ1) is 26.2. The van der Waals surface area contributed by atoms with Gasteiger partial charge in [-0.25, -0.2) is 8.78 Å². The van der Waals surface area contributed by atoms with Crippen LogP contribution in [-0.4, -0.2) is 51.5 Å². The van der Waals surface area contributed by atoms with Crippen molar-refractivity contribution in [3.63, 3.8) is 0 Å². The van der Waals surface area contributed by atoms with Crippen LogP contribution in [0.1, 0.15) is 57.7 Å². The van der Waals surface area contributed by atoms with Gasteiger partial charge in [-0.2, -0.15) is 0 Å². The minimum atomic E-state index is -0.798. The number of ether oxygens (including phenoxy) is 1. The molecule has 1 unspecified atom stereocenters. The van der Waals surface area contributed by atoms with Crippen LogP contribution in [0, 0.1) is 11.6 Å². The van der Waals surface area contributed by atoms with E-state index in [-0.39, 0.29) is 47.8 Å². The van der Waals surface area contributed by atoms with E-state index in [1.165, 1.54) is 18.7 Å². The molecule has 40 heavy (non-hydrogen) atoms. The number of carbonyl (C=O) groups excluding carboxylic acids is 2. The summed E-state index contributed by atoms with van der Waals surface area (Å²) in [6.45, 7) is 1.69. The van der Waals surface area contributed by atoms with Gasteiger partial charge >= 0.3 is 0 Å². The lowest BCUT2D eigenvalue weighted by atomic mass is 9.94. The molecule has 6 rings (SSSR count). The maximum absolute atomic E-state index is 14.1. The Morgan fingerprint density at radius 1 is 1.02 bits per heavy atom. The van der Waals surface area contributed by atoms with Gasteiger partial charge in [-0.3, -0.25) is 19.3 Å². The Bertz CT molecular complexity index is 1510. The highest BCUT2D eigenvalue weighted by molar-refractivity contribution is 5.99. The van der Waals surface area contributed by atoms with Crippen molar-refractivity contribution in [1.82, 2.24) is 19.7 Å². The topological polar surface area (TPSA) is 83.9 Å². The molecule has 10 heteroatoms. The fourth-order valence-electron chi connectivity index (χ4n) is 6.06. The van der Waals surface area contributed by atoms with Gasteiger partial charge in [0.05, 0.1) is 6.54 Å². The number of piperidine rings is 1. The molecule has 8 nitrogen and oxygen atoms in total. The molecule has 2 atom stereocenters. The minimum Gasteiger partial charge on any atom is -0.483 e. The van der Waals surface area contributed by atoms with Crippen molar-refractivity contribution in [2.75, 3.05) is 13.1 Å². The second-order valence-electron chi connectivity index (χ2n) is 10.5. The lowest BCUT2D eigenvalue weighted by Gasteiger charge is -2.52. The molecule has 4 heterocycles. The number of aromatic nitrogens is 1. The molecule has 0 saturated carbocycles.